The zero-order chi connectivity index (χ0) is 19.4. The lowest BCUT2D eigenvalue weighted by Gasteiger charge is -2.10. The Morgan fingerprint density at radius 2 is 2.07 bits per heavy atom. The third kappa shape index (κ3) is 3.82. The monoisotopic (exact) mass is 361 g/mol. The number of hydrogen-bond donors (Lipinski definition) is 2. The summed E-state index contributed by atoms with van der Waals surface area (Å²) in [6, 6.07) is 14.1. The third-order valence-electron chi connectivity index (χ3n) is 4.43. The minimum Gasteiger partial charge on any atom is -0.495 e. The van der Waals surface area contributed by atoms with E-state index in [0.29, 0.717) is 40.9 Å². The Hall–Kier alpha value is -3.59. The Kier molecular flexibility index (Phi) is 5.23. The summed E-state index contributed by atoms with van der Waals surface area (Å²) in [4.78, 5) is 27.5. The fourth-order valence-electron chi connectivity index (χ4n) is 2.95. The minimum absolute atomic E-state index is 0.202. The SMILES string of the molecule is COc1ccc(C)c2cc(CCNC(=O)c3cccc(C#N)c3)c(=O)[nH]c12. The number of amides is 1. The normalized spacial score (nSPS) is 10.4. The average molecular weight is 361 g/mol. The molecule has 6 nitrogen and oxygen atoms in total. The van der Waals surface area contributed by atoms with Gasteiger partial charge in [0.05, 0.1) is 24.3 Å². The lowest BCUT2D eigenvalue weighted by atomic mass is 10.1. The molecule has 1 aromatic heterocycles. The number of pyridine rings is 1. The predicted molar refractivity (Wildman–Crippen MR) is 103 cm³/mol. The summed E-state index contributed by atoms with van der Waals surface area (Å²) in [6.07, 6.45) is 0.394. The van der Waals surface area contributed by atoms with Crippen LogP contribution in [0.1, 0.15) is 27.0 Å². The van der Waals surface area contributed by atoms with E-state index in [1.165, 1.54) is 6.07 Å². The van der Waals surface area contributed by atoms with Crippen molar-refractivity contribution >= 4 is 16.8 Å². The summed E-state index contributed by atoms with van der Waals surface area (Å²) in [6.45, 7) is 2.28. The molecule has 0 aliphatic rings. The van der Waals surface area contributed by atoms with Crippen molar-refractivity contribution in [2.45, 2.75) is 13.3 Å². The molecular weight excluding hydrogens is 342 g/mol. The molecule has 0 saturated heterocycles. The number of nitrogens with zero attached hydrogens (tertiary/aromatic N) is 1. The molecule has 6 heteroatoms. The van der Waals surface area contributed by atoms with E-state index in [1.54, 1.807) is 25.3 Å². The molecule has 0 atom stereocenters. The molecular formula is C21H19N3O3. The number of hydrogen-bond acceptors (Lipinski definition) is 4. The molecule has 3 rings (SSSR count). The Balaban J connectivity index is 1.76. The molecule has 0 spiro atoms. The van der Waals surface area contributed by atoms with E-state index in [2.05, 4.69) is 10.3 Å². The summed E-state index contributed by atoms with van der Waals surface area (Å²) in [5.74, 6) is 0.340. The Morgan fingerprint density at radius 3 is 2.81 bits per heavy atom. The number of H-pyrrole nitrogens is 1. The van der Waals surface area contributed by atoms with Gasteiger partial charge in [0, 0.05) is 23.1 Å². The van der Waals surface area contributed by atoms with E-state index in [-0.39, 0.29) is 11.5 Å². The number of aromatic amines is 1. The number of nitriles is 1. The molecule has 1 heterocycles. The van der Waals surface area contributed by atoms with Crippen molar-refractivity contribution in [3.63, 3.8) is 0 Å². The zero-order valence-corrected chi connectivity index (χ0v) is 15.1. The van der Waals surface area contributed by atoms with Gasteiger partial charge in [-0.25, -0.2) is 0 Å². The van der Waals surface area contributed by atoms with Gasteiger partial charge in [-0.15, -0.1) is 0 Å². The van der Waals surface area contributed by atoms with Gasteiger partial charge >= 0.3 is 0 Å². The molecule has 136 valence electrons. The molecule has 3 aromatic rings. The number of nitrogens with one attached hydrogen (secondary N) is 2. The summed E-state index contributed by atoms with van der Waals surface area (Å²) >= 11 is 0. The molecule has 0 radical (unpaired) electrons. The molecule has 2 aromatic carbocycles. The van der Waals surface area contributed by atoms with Gasteiger partial charge in [-0.1, -0.05) is 12.1 Å². The van der Waals surface area contributed by atoms with Crippen LogP contribution in [0.3, 0.4) is 0 Å². The number of carbonyl (C=O) groups excluding carboxylic acids is 1. The smallest absolute Gasteiger partial charge is 0.251 e. The van der Waals surface area contributed by atoms with Crippen LogP contribution in [0.2, 0.25) is 0 Å². The van der Waals surface area contributed by atoms with E-state index in [4.69, 9.17) is 10.00 Å². The second-order valence-electron chi connectivity index (χ2n) is 6.20. The van der Waals surface area contributed by atoms with Crippen molar-refractivity contribution in [2.75, 3.05) is 13.7 Å². The summed E-state index contributed by atoms with van der Waals surface area (Å²) < 4.78 is 5.31. The van der Waals surface area contributed by atoms with Crippen LogP contribution in [-0.4, -0.2) is 24.5 Å². The first-order valence-corrected chi connectivity index (χ1v) is 8.51. The first kappa shape index (κ1) is 18.2. The van der Waals surface area contributed by atoms with Gasteiger partial charge in [0.15, 0.2) is 0 Å². The van der Waals surface area contributed by atoms with Crippen LogP contribution in [0.5, 0.6) is 5.75 Å². The highest BCUT2D eigenvalue weighted by Crippen LogP contribution is 2.25. The zero-order valence-electron chi connectivity index (χ0n) is 15.1. The van der Waals surface area contributed by atoms with Gasteiger partial charge in [0.25, 0.3) is 11.5 Å². The van der Waals surface area contributed by atoms with Crippen LogP contribution < -0.4 is 15.6 Å². The summed E-state index contributed by atoms with van der Waals surface area (Å²) in [7, 11) is 1.56. The highest BCUT2D eigenvalue weighted by molar-refractivity contribution is 5.94. The maximum atomic E-state index is 12.4. The number of aromatic nitrogens is 1. The van der Waals surface area contributed by atoms with Crippen LogP contribution in [0.15, 0.2) is 47.3 Å². The van der Waals surface area contributed by atoms with Crippen molar-refractivity contribution < 1.29 is 9.53 Å². The van der Waals surface area contributed by atoms with Crippen molar-refractivity contribution in [3.05, 3.63) is 75.1 Å². The van der Waals surface area contributed by atoms with E-state index in [1.807, 2.05) is 31.2 Å². The number of carbonyl (C=O) groups is 1. The van der Waals surface area contributed by atoms with Gasteiger partial charge < -0.3 is 15.0 Å². The molecule has 0 aliphatic heterocycles. The highest BCUT2D eigenvalue weighted by atomic mass is 16.5. The fraction of sp³-hybridized carbons (Fsp3) is 0.190. The van der Waals surface area contributed by atoms with E-state index < -0.39 is 0 Å². The van der Waals surface area contributed by atoms with Gasteiger partial charge in [0.1, 0.15) is 5.75 Å². The number of ether oxygens (including phenoxy) is 1. The maximum Gasteiger partial charge on any atom is 0.251 e. The van der Waals surface area contributed by atoms with E-state index in [0.717, 1.165) is 10.9 Å². The van der Waals surface area contributed by atoms with E-state index >= 15 is 0 Å². The largest absolute Gasteiger partial charge is 0.495 e. The number of aryl methyl sites for hydroxylation is 1. The molecule has 0 fully saturated rings. The number of methoxy groups -OCH3 is 1. The Morgan fingerprint density at radius 1 is 1.26 bits per heavy atom. The molecule has 0 aliphatic carbocycles. The van der Waals surface area contributed by atoms with Gasteiger partial charge in [-0.3, -0.25) is 9.59 Å². The van der Waals surface area contributed by atoms with E-state index in [9.17, 15) is 9.59 Å². The average Bonchev–Trinajstić information content (AvgIpc) is 2.69. The highest BCUT2D eigenvalue weighted by Gasteiger charge is 2.10. The van der Waals surface area contributed by atoms with Crippen molar-refractivity contribution in [3.8, 4) is 11.8 Å². The molecule has 0 bridgehead atoms. The molecule has 27 heavy (non-hydrogen) atoms. The number of benzene rings is 2. The number of fused-ring (bicyclic) bond motifs is 1. The van der Waals surface area contributed by atoms with Gasteiger partial charge in [0.2, 0.25) is 0 Å². The first-order chi connectivity index (χ1) is 13.0. The van der Waals surface area contributed by atoms with Crippen molar-refractivity contribution in [1.29, 1.82) is 5.26 Å². The van der Waals surface area contributed by atoms with Crippen LogP contribution in [0, 0.1) is 18.3 Å². The lowest BCUT2D eigenvalue weighted by Crippen LogP contribution is -2.27. The van der Waals surface area contributed by atoms with Crippen molar-refractivity contribution in [2.24, 2.45) is 0 Å². The fourth-order valence-corrected chi connectivity index (χ4v) is 2.95. The number of rotatable bonds is 5. The third-order valence-corrected chi connectivity index (χ3v) is 4.43. The van der Waals surface area contributed by atoms with Crippen molar-refractivity contribution in [1.82, 2.24) is 10.3 Å². The Labute approximate surface area is 156 Å². The molecule has 1 amide bonds. The first-order valence-electron chi connectivity index (χ1n) is 8.51. The Bertz CT molecular complexity index is 1110. The standard InChI is InChI=1S/C21H19N3O3/c1-13-6-7-18(27-2)19-17(13)11-16(21(26)24-19)8-9-23-20(25)15-5-3-4-14(10-15)12-22/h3-7,10-11H,8-9H2,1-2H3,(H,23,25)(H,24,26). The lowest BCUT2D eigenvalue weighted by molar-refractivity contribution is 0.0954. The summed E-state index contributed by atoms with van der Waals surface area (Å²) in [5, 5.41) is 12.6. The maximum absolute atomic E-state index is 12.4. The van der Waals surface area contributed by atoms with Crippen LogP contribution >= 0.6 is 0 Å². The molecule has 0 unspecified atom stereocenters. The predicted octanol–water partition coefficient (Wildman–Crippen LogP) is 2.69. The topological polar surface area (TPSA) is 95.0 Å². The molecule has 0 saturated carbocycles. The van der Waals surface area contributed by atoms with Crippen LogP contribution in [-0.2, 0) is 6.42 Å². The van der Waals surface area contributed by atoms with Crippen LogP contribution in [0.25, 0.3) is 10.9 Å². The second-order valence-corrected chi connectivity index (χ2v) is 6.20. The van der Waals surface area contributed by atoms with Gasteiger partial charge in [-0.2, -0.15) is 5.26 Å². The molecule has 2 N–H and O–H groups in total. The minimum atomic E-state index is -0.276. The van der Waals surface area contributed by atoms with Crippen LogP contribution in [0.4, 0.5) is 0 Å². The quantitative estimate of drug-likeness (QED) is 0.730. The second kappa shape index (κ2) is 7.75. The van der Waals surface area contributed by atoms with Gasteiger partial charge in [-0.05, 0) is 49.2 Å². The summed E-state index contributed by atoms with van der Waals surface area (Å²) in [5.41, 5.74) is 2.93.